The van der Waals surface area contributed by atoms with Gasteiger partial charge in [0, 0.05) is 22.8 Å². The van der Waals surface area contributed by atoms with Gasteiger partial charge in [0.05, 0.1) is 37.4 Å². The Kier molecular flexibility index (Phi) is 12.5. The molecule has 0 aliphatic heterocycles. The minimum absolute atomic E-state index is 0. The zero-order valence-electron chi connectivity index (χ0n) is 25.3. The van der Waals surface area contributed by atoms with Crippen LogP contribution in [0.5, 0.6) is 5.75 Å². The van der Waals surface area contributed by atoms with Crippen molar-refractivity contribution in [3.8, 4) is 16.9 Å². The van der Waals surface area contributed by atoms with Crippen molar-refractivity contribution >= 4 is 5.97 Å². The first-order chi connectivity index (χ1) is 21.3. The topological polar surface area (TPSA) is 105 Å². The molecule has 238 valence electrons. The molecule has 0 amide bonds. The molecular weight excluding hydrogens is 624 g/mol. The molecule has 3 aromatic carbocycles. The molecule has 1 atom stereocenters. The summed E-state index contributed by atoms with van der Waals surface area (Å²) in [4.78, 5) is 38.9. The van der Waals surface area contributed by atoms with Crippen LogP contribution >= 0.6 is 0 Å². The van der Waals surface area contributed by atoms with Crippen LogP contribution in [0.3, 0.4) is 0 Å². The van der Waals surface area contributed by atoms with Crippen LogP contribution in [-0.4, -0.2) is 28.8 Å². The SMILES string of the molecule is COc1cccc(-c2c(C)n(Cc3c(F)cccc3C(F)(F)F)c(=O)n(C[C@@H](NCCCC(=O)[O-])c3ccccc3)c2=O)c1F.[Na+]. The minimum Gasteiger partial charge on any atom is -0.550 e. The molecule has 0 aliphatic carbocycles. The second kappa shape index (κ2) is 15.7. The minimum atomic E-state index is -4.96. The van der Waals surface area contributed by atoms with E-state index in [2.05, 4.69) is 5.32 Å². The molecule has 14 heteroatoms. The number of aromatic nitrogens is 2. The van der Waals surface area contributed by atoms with E-state index in [4.69, 9.17) is 4.74 Å². The fourth-order valence-corrected chi connectivity index (χ4v) is 5.13. The van der Waals surface area contributed by atoms with Crippen molar-refractivity contribution in [2.24, 2.45) is 0 Å². The first kappa shape index (κ1) is 36.7. The number of nitrogens with zero attached hydrogens (tertiary/aromatic N) is 2. The average Bonchev–Trinajstić information content (AvgIpc) is 2.99. The Balaban J connectivity index is 0.00000576. The number of aliphatic carboxylic acids is 1. The molecule has 1 aromatic heterocycles. The Hall–Kier alpha value is -3.78. The number of carbonyl (C=O) groups is 1. The summed E-state index contributed by atoms with van der Waals surface area (Å²) in [5.41, 5.74) is -4.34. The van der Waals surface area contributed by atoms with E-state index in [9.17, 15) is 37.1 Å². The Morgan fingerprint density at radius 2 is 1.65 bits per heavy atom. The maximum atomic E-state index is 15.6. The molecule has 0 aliphatic rings. The second-order valence-electron chi connectivity index (χ2n) is 10.2. The number of carbonyl (C=O) groups excluding carboxylic acids is 1. The van der Waals surface area contributed by atoms with Crippen molar-refractivity contribution in [1.82, 2.24) is 14.5 Å². The summed E-state index contributed by atoms with van der Waals surface area (Å²) in [5, 5.41) is 14.0. The summed E-state index contributed by atoms with van der Waals surface area (Å²) in [5.74, 6) is -3.65. The van der Waals surface area contributed by atoms with Gasteiger partial charge in [-0.25, -0.2) is 13.6 Å². The van der Waals surface area contributed by atoms with Gasteiger partial charge in [-0.3, -0.25) is 13.9 Å². The van der Waals surface area contributed by atoms with Crippen LogP contribution in [-0.2, 0) is 24.1 Å². The molecule has 0 bridgehead atoms. The van der Waals surface area contributed by atoms with Gasteiger partial charge < -0.3 is 20.0 Å². The Bertz CT molecular complexity index is 1810. The summed E-state index contributed by atoms with van der Waals surface area (Å²) < 4.78 is 78.8. The zero-order chi connectivity index (χ0) is 32.9. The van der Waals surface area contributed by atoms with Gasteiger partial charge in [0.1, 0.15) is 5.82 Å². The Morgan fingerprint density at radius 1 is 0.978 bits per heavy atom. The van der Waals surface area contributed by atoms with Crippen molar-refractivity contribution < 1.29 is 66.1 Å². The number of alkyl halides is 3. The number of methoxy groups -OCH3 is 1. The summed E-state index contributed by atoms with van der Waals surface area (Å²) in [6.45, 7) is 0.113. The van der Waals surface area contributed by atoms with Crippen LogP contribution in [0.2, 0.25) is 0 Å². The predicted molar refractivity (Wildman–Crippen MR) is 154 cm³/mol. The van der Waals surface area contributed by atoms with Crippen LogP contribution in [0.1, 0.15) is 41.3 Å². The van der Waals surface area contributed by atoms with Gasteiger partial charge in [-0.15, -0.1) is 0 Å². The third-order valence-corrected chi connectivity index (χ3v) is 7.40. The van der Waals surface area contributed by atoms with E-state index in [1.165, 1.54) is 32.2 Å². The summed E-state index contributed by atoms with van der Waals surface area (Å²) in [7, 11) is 1.21. The molecule has 4 aromatic rings. The normalized spacial score (nSPS) is 12.0. The number of hydrogen-bond donors (Lipinski definition) is 1. The molecule has 0 spiro atoms. The number of halogens is 5. The molecule has 0 unspecified atom stereocenters. The van der Waals surface area contributed by atoms with E-state index in [1.54, 1.807) is 30.3 Å². The monoisotopic (exact) mass is 653 g/mol. The van der Waals surface area contributed by atoms with Crippen LogP contribution in [0, 0.1) is 18.6 Å². The smallest absolute Gasteiger partial charge is 0.550 e. The molecule has 46 heavy (non-hydrogen) atoms. The quantitative estimate of drug-likeness (QED) is 0.140. The second-order valence-corrected chi connectivity index (χ2v) is 10.2. The number of nitrogens with one attached hydrogen (secondary N) is 1. The first-order valence-corrected chi connectivity index (χ1v) is 13.8. The van der Waals surface area contributed by atoms with Crippen molar-refractivity contribution in [1.29, 1.82) is 0 Å². The van der Waals surface area contributed by atoms with Crippen molar-refractivity contribution in [2.75, 3.05) is 13.7 Å². The van der Waals surface area contributed by atoms with Crippen molar-refractivity contribution in [2.45, 2.75) is 45.1 Å². The van der Waals surface area contributed by atoms with E-state index < -0.39 is 58.7 Å². The number of carboxylic acids is 1. The van der Waals surface area contributed by atoms with Gasteiger partial charge in [-0.2, -0.15) is 13.2 Å². The first-order valence-electron chi connectivity index (χ1n) is 13.8. The molecule has 0 saturated heterocycles. The number of benzene rings is 3. The third kappa shape index (κ3) is 8.13. The predicted octanol–water partition coefficient (Wildman–Crippen LogP) is 1.20. The third-order valence-electron chi connectivity index (χ3n) is 7.40. The average molecular weight is 654 g/mol. The Labute approximate surface area is 282 Å². The van der Waals surface area contributed by atoms with Gasteiger partial charge in [0.2, 0.25) is 0 Å². The maximum absolute atomic E-state index is 15.6. The van der Waals surface area contributed by atoms with Gasteiger partial charge in [0.15, 0.2) is 11.6 Å². The number of ether oxygens (including phenoxy) is 1. The van der Waals surface area contributed by atoms with E-state index in [-0.39, 0.29) is 78.1 Å². The van der Waals surface area contributed by atoms with Gasteiger partial charge in [-0.1, -0.05) is 48.5 Å². The van der Waals surface area contributed by atoms with Gasteiger partial charge in [-0.05, 0) is 50.1 Å². The maximum Gasteiger partial charge on any atom is 1.00 e. The molecule has 4 rings (SSSR count). The fourth-order valence-electron chi connectivity index (χ4n) is 5.13. The molecule has 0 fully saturated rings. The van der Waals surface area contributed by atoms with Crippen LogP contribution in [0.4, 0.5) is 22.0 Å². The molecule has 0 saturated carbocycles. The number of rotatable bonds is 12. The summed E-state index contributed by atoms with van der Waals surface area (Å²) in [6, 6.07) is 14.1. The van der Waals surface area contributed by atoms with Gasteiger partial charge in [0.25, 0.3) is 5.56 Å². The summed E-state index contributed by atoms with van der Waals surface area (Å²) >= 11 is 0. The summed E-state index contributed by atoms with van der Waals surface area (Å²) in [6.07, 6.45) is -5.05. The Morgan fingerprint density at radius 3 is 2.28 bits per heavy atom. The van der Waals surface area contributed by atoms with E-state index in [0.29, 0.717) is 11.6 Å². The van der Waals surface area contributed by atoms with Crippen molar-refractivity contribution in [3.63, 3.8) is 0 Å². The zero-order valence-corrected chi connectivity index (χ0v) is 27.3. The fraction of sp³-hybridized carbons (Fsp3) is 0.281. The number of carboxylic acid groups (broad SMARTS) is 1. The van der Waals surface area contributed by atoms with Crippen molar-refractivity contribution in [3.05, 3.63) is 122 Å². The molecule has 8 nitrogen and oxygen atoms in total. The van der Waals surface area contributed by atoms with Gasteiger partial charge >= 0.3 is 41.4 Å². The molecular formula is C32H29F5N3NaO5. The standard InChI is InChI=1S/C32H30F5N3O5.Na/c1-19-28(21-11-6-14-26(45-2)29(21)34)30(43)40(18-25(20-9-4-3-5-10-20)38-16-8-15-27(41)42)31(44)39(19)17-22-23(32(35,36)37)12-7-13-24(22)33;/h3-7,9-14,25,38H,8,15-18H2,1-2H3,(H,41,42);/q;+1/p-1/t25-;/m1./s1. The van der Waals surface area contributed by atoms with E-state index >= 15 is 4.39 Å². The van der Waals surface area contributed by atoms with E-state index in [1.807, 2.05) is 0 Å². The van der Waals surface area contributed by atoms with Crippen LogP contribution in [0.25, 0.3) is 11.1 Å². The van der Waals surface area contributed by atoms with Crippen LogP contribution < -0.4 is 56.0 Å². The molecule has 1 heterocycles. The van der Waals surface area contributed by atoms with Crippen LogP contribution in [0.15, 0.2) is 76.3 Å². The molecule has 1 N–H and O–H groups in total. The van der Waals surface area contributed by atoms with E-state index in [0.717, 1.165) is 21.3 Å². The number of hydrogen-bond acceptors (Lipinski definition) is 6. The molecule has 0 radical (unpaired) electrons. The largest absolute Gasteiger partial charge is 1.00 e.